The molecule has 0 spiro atoms. The predicted octanol–water partition coefficient (Wildman–Crippen LogP) is 2.54. The number of carbonyl (C=O) groups excluding carboxylic acids is 1. The van der Waals surface area contributed by atoms with Gasteiger partial charge in [-0.2, -0.15) is 8.42 Å². The molecule has 1 aliphatic rings. The molecule has 3 rings (SSSR count). The van der Waals surface area contributed by atoms with E-state index in [2.05, 4.69) is 5.32 Å². The first-order valence-corrected chi connectivity index (χ1v) is 10.9. The van der Waals surface area contributed by atoms with E-state index in [-0.39, 0.29) is 23.8 Å². The van der Waals surface area contributed by atoms with Crippen LogP contribution in [0.4, 0.5) is 0 Å². The molecule has 156 valence electrons. The summed E-state index contributed by atoms with van der Waals surface area (Å²) in [5, 5.41) is 2.62. The third-order valence-electron chi connectivity index (χ3n) is 4.46. The van der Waals surface area contributed by atoms with Crippen LogP contribution in [-0.4, -0.2) is 39.9 Å². The van der Waals surface area contributed by atoms with Crippen molar-refractivity contribution in [2.24, 2.45) is 0 Å². The van der Waals surface area contributed by atoms with Crippen LogP contribution in [-0.2, 0) is 35.2 Å². The highest BCUT2D eigenvalue weighted by molar-refractivity contribution is 7.86. The molecular formula is C21H25NO6S. The van der Waals surface area contributed by atoms with E-state index in [0.29, 0.717) is 19.6 Å². The zero-order valence-corrected chi connectivity index (χ0v) is 17.1. The number of rotatable bonds is 11. The van der Waals surface area contributed by atoms with E-state index in [4.69, 9.17) is 13.7 Å². The Hall–Kier alpha value is -2.26. The molecule has 29 heavy (non-hydrogen) atoms. The maximum Gasteiger partial charge on any atom is 0.297 e. The van der Waals surface area contributed by atoms with Crippen molar-refractivity contribution in [3.63, 3.8) is 0 Å². The van der Waals surface area contributed by atoms with Gasteiger partial charge in [0.05, 0.1) is 30.6 Å². The van der Waals surface area contributed by atoms with Crippen molar-refractivity contribution in [1.29, 1.82) is 0 Å². The second-order valence-electron chi connectivity index (χ2n) is 6.90. The van der Waals surface area contributed by atoms with Crippen molar-refractivity contribution in [1.82, 2.24) is 5.32 Å². The van der Waals surface area contributed by atoms with E-state index in [9.17, 15) is 13.2 Å². The maximum atomic E-state index is 12.4. The van der Waals surface area contributed by atoms with Crippen molar-refractivity contribution >= 4 is 16.0 Å². The lowest BCUT2D eigenvalue weighted by atomic mass is 10.2. The molecule has 0 unspecified atom stereocenters. The summed E-state index contributed by atoms with van der Waals surface area (Å²) in [6.07, 6.45) is -0.266. The fourth-order valence-corrected chi connectivity index (χ4v) is 3.69. The second-order valence-corrected chi connectivity index (χ2v) is 8.51. The van der Waals surface area contributed by atoms with Crippen LogP contribution in [0.25, 0.3) is 0 Å². The Morgan fingerprint density at radius 2 is 1.79 bits per heavy atom. The van der Waals surface area contributed by atoms with Gasteiger partial charge in [0.1, 0.15) is 6.23 Å². The van der Waals surface area contributed by atoms with Gasteiger partial charge in [-0.25, -0.2) is 0 Å². The number of carbonyl (C=O) groups is 1. The van der Waals surface area contributed by atoms with Gasteiger partial charge in [-0.3, -0.25) is 8.98 Å². The van der Waals surface area contributed by atoms with Gasteiger partial charge in [0, 0.05) is 6.61 Å². The Morgan fingerprint density at radius 3 is 2.45 bits per heavy atom. The summed E-state index contributed by atoms with van der Waals surface area (Å²) in [6.45, 7) is 2.55. The third-order valence-corrected chi connectivity index (χ3v) is 5.76. The van der Waals surface area contributed by atoms with Crippen LogP contribution >= 0.6 is 0 Å². The molecule has 7 nitrogen and oxygen atoms in total. The molecule has 1 saturated heterocycles. The summed E-state index contributed by atoms with van der Waals surface area (Å²) in [5.41, 5.74) is 2.01. The minimum Gasteiger partial charge on any atom is -0.377 e. The molecular weight excluding hydrogens is 394 g/mol. The molecule has 2 atom stereocenters. The number of nitrogens with one attached hydrogen (secondary N) is 1. The Morgan fingerprint density at radius 1 is 1.10 bits per heavy atom. The van der Waals surface area contributed by atoms with Gasteiger partial charge in [0.25, 0.3) is 10.1 Å². The van der Waals surface area contributed by atoms with Gasteiger partial charge in [-0.1, -0.05) is 48.0 Å². The first-order valence-electron chi connectivity index (χ1n) is 9.45. The number of hydrogen-bond acceptors (Lipinski definition) is 6. The molecule has 0 saturated carbocycles. The standard InChI is InChI=1S/C21H25NO6S/c1-16-7-9-19(10-8-16)29(24,25)27-15-18(28-21-13-20(23)22-21)11-12-26-14-17-5-3-2-4-6-17/h2-10,18,21H,11-15H2,1H3,(H,22,23)/t18-,21-/m0/s1. The summed E-state index contributed by atoms with van der Waals surface area (Å²) >= 11 is 0. The summed E-state index contributed by atoms with van der Waals surface area (Å²) in [7, 11) is -3.89. The fourth-order valence-electron chi connectivity index (χ4n) is 2.75. The zero-order chi connectivity index (χ0) is 20.7. The molecule has 8 heteroatoms. The molecule has 1 amide bonds. The molecule has 1 heterocycles. The molecule has 2 aromatic rings. The van der Waals surface area contributed by atoms with Crippen molar-refractivity contribution in [3.05, 3.63) is 65.7 Å². The Labute approximate surface area is 171 Å². The monoisotopic (exact) mass is 419 g/mol. The fraction of sp³-hybridized carbons (Fsp3) is 0.381. The Bertz CT molecular complexity index is 891. The number of ether oxygens (including phenoxy) is 2. The van der Waals surface area contributed by atoms with Crippen molar-refractivity contribution < 1.29 is 26.9 Å². The Balaban J connectivity index is 1.51. The van der Waals surface area contributed by atoms with E-state index in [1.54, 1.807) is 12.1 Å². The van der Waals surface area contributed by atoms with Gasteiger partial charge >= 0.3 is 0 Å². The van der Waals surface area contributed by atoms with Gasteiger partial charge < -0.3 is 14.8 Å². The number of β-lactam (4-membered cyclic amide) rings is 1. The van der Waals surface area contributed by atoms with E-state index in [1.807, 2.05) is 37.3 Å². The van der Waals surface area contributed by atoms with Crippen LogP contribution in [0.3, 0.4) is 0 Å². The summed E-state index contributed by atoms with van der Waals surface area (Å²) in [6, 6.07) is 16.2. The number of aryl methyl sites for hydroxylation is 1. The van der Waals surface area contributed by atoms with Crippen LogP contribution < -0.4 is 5.32 Å². The van der Waals surface area contributed by atoms with Gasteiger partial charge in [0.2, 0.25) is 5.91 Å². The number of hydrogen-bond donors (Lipinski definition) is 1. The van der Waals surface area contributed by atoms with Crippen LogP contribution in [0.15, 0.2) is 59.5 Å². The highest BCUT2D eigenvalue weighted by Gasteiger charge is 2.29. The normalized spacial score (nSPS) is 17.4. The summed E-state index contributed by atoms with van der Waals surface area (Å²) in [5.74, 6) is -0.0951. The molecule has 1 fully saturated rings. The van der Waals surface area contributed by atoms with E-state index < -0.39 is 22.4 Å². The van der Waals surface area contributed by atoms with E-state index in [0.717, 1.165) is 11.1 Å². The second kappa shape index (κ2) is 9.98. The zero-order valence-electron chi connectivity index (χ0n) is 16.2. The highest BCUT2D eigenvalue weighted by Crippen LogP contribution is 2.17. The highest BCUT2D eigenvalue weighted by atomic mass is 32.2. The van der Waals surface area contributed by atoms with Crippen LogP contribution in [0.1, 0.15) is 24.0 Å². The lowest BCUT2D eigenvalue weighted by Crippen LogP contribution is -2.52. The van der Waals surface area contributed by atoms with Gasteiger partial charge in [-0.15, -0.1) is 0 Å². The predicted molar refractivity (Wildman–Crippen MR) is 106 cm³/mol. The third kappa shape index (κ3) is 6.64. The van der Waals surface area contributed by atoms with Crippen LogP contribution in [0, 0.1) is 6.92 Å². The average Bonchev–Trinajstić information content (AvgIpc) is 2.69. The van der Waals surface area contributed by atoms with Crippen molar-refractivity contribution in [3.8, 4) is 0 Å². The van der Waals surface area contributed by atoms with Gasteiger partial charge in [0.15, 0.2) is 0 Å². The topological polar surface area (TPSA) is 90.9 Å². The molecule has 1 aliphatic heterocycles. The summed E-state index contributed by atoms with van der Waals surface area (Å²) in [4.78, 5) is 11.2. The molecule has 2 aromatic carbocycles. The maximum absolute atomic E-state index is 12.4. The molecule has 0 radical (unpaired) electrons. The van der Waals surface area contributed by atoms with Crippen LogP contribution in [0.2, 0.25) is 0 Å². The van der Waals surface area contributed by atoms with E-state index >= 15 is 0 Å². The Kier molecular flexibility index (Phi) is 7.38. The molecule has 0 aromatic heterocycles. The number of amides is 1. The lowest BCUT2D eigenvalue weighted by Gasteiger charge is -2.31. The van der Waals surface area contributed by atoms with Crippen molar-refractivity contribution in [2.45, 2.75) is 43.6 Å². The van der Waals surface area contributed by atoms with E-state index in [1.165, 1.54) is 12.1 Å². The summed E-state index contributed by atoms with van der Waals surface area (Å²) < 4.78 is 41.4. The molecule has 0 aliphatic carbocycles. The quantitative estimate of drug-likeness (QED) is 0.342. The van der Waals surface area contributed by atoms with Crippen molar-refractivity contribution in [2.75, 3.05) is 13.2 Å². The minimum absolute atomic E-state index is 0.0951. The SMILES string of the molecule is Cc1ccc(S(=O)(=O)OC[C@H](CCOCc2ccccc2)O[C@H]2CC(=O)N2)cc1. The average molecular weight is 419 g/mol. The number of benzene rings is 2. The van der Waals surface area contributed by atoms with Crippen LogP contribution in [0.5, 0.6) is 0 Å². The van der Waals surface area contributed by atoms with Gasteiger partial charge in [-0.05, 0) is 31.0 Å². The first kappa shape index (κ1) is 21.4. The first-order chi connectivity index (χ1) is 13.9. The smallest absolute Gasteiger partial charge is 0.297 e. The molecule has 1 N–H and O–H groups in total. The molecule has 0 bridgehead atoms. The largest absolute Gasteiger partial charge is 0.377 e. The minimum atomic E-state index is -3.89. The lowest BCUT2D eigenvalue weighted by molar-refractivity contribution is -0.149.